The van der Waals surface area contributed by atoms with Gasteiger partial charge in [-0.3, -0.25) is 9.59 Å². The van der Waals surface area contributed by atoms with Gasteiger partial charge in [0.25, 0.3) is 11.8 Å². The van der Waals surface area contributed by atoms with Crippen molar-refractivity contribution in [2.45, 2.75) is 44.6 Å². The predicted octanol–water partition coefficient (Wildman–Crippen LogP) is 3.52. The number of carbonyl (C=O) groups is 2. The number of hydrogen-bond donors (Lipinski definition) is 1. The Labute approximate surface area is 185 Å². The maximum absolute atomic E-state index is 13.4. The van der Waals surface area contributed by atoms with Crippen molar-refractivity contribution in [2.75, 3.05) is 13.1 Å². The van der Waals surface area contributed by atoms with Crippen molar-refractivity contribution in [2.24, 2.45) is 0 Å². The first-order valence-corrected chi connectivity index (χ1v) is 11.1. The van der Waals surface area contributed by atoms with Crippen molar-refractivity contribution in [1.29, 1.82) is 0 Å². The van der Waals surface area contributed by atoms with Gasteiger partial charge < -0.3 is 14.6 Å². The van der Waals surface area contributed by atoms with Gasteiger partial charge in [0.2, 0.25) is 0 Å². The maximum Gasteiger partial charge on any atom is 0.272 e. The summed E-state index contributed by atoms with van der Waals surface area (Å²) in [5, 5.41) is 7.76. The van der Waals surface area contributed by atoms with Crippen molar-refractivity contribution in [3.63, 3.8) is 0 Å². The molecule has 2 aromatic heterocycles. The van der Waals surface area contributed by atoms with E-state index in [2.05, 4.69) is 10.4 Å². The first kappa shape index (κ1) is 20.5. The molecule has 2 aliphatic rings. The van der Waals surface area contributed by atoms with Crippen LogP contribution in [0.1, 0.15) is 57.8 Å². The molecule has 1 N–H and O–H groups in total. The van der Waals surface area contributed by atoms with Gasteiger partial charge in [0.05, 0.1) is 17.5 Å². The van der Waals surface area contributed by atoms with Gasteiger partial charge in [-0.15, -0.1) is 0 Å². The van der Waals surface area contributed by atoms with E-state index in [9.17, 15) is 14.0 Å². The highest BCUT2D eigenvalue weighted by molar-refractivity contribution is 5.95. The van der Waals surface area contributed by atoms with E-state index in [-0.39, 0.29) is 23.7 Å². The Morgan fingerprint density at radius 3 is 2.53 bits per heavy atom. The van der Waals surface area contributed by atoms with Crippen LogP contribution in [0.5, 0.6) is 0 Å². The highest BCUT2D eigenvalue weighted by Gasteiger charge is 2.29. The Kier molecular flexibility index (Phi) is 5.51. The summed E-state index contributed by atoms with van der Waals surface area (Å²) in [6.07, 6.45) is 8.06. The molecule has 1 aliphatic carbocycles. The van der Waals surface area contributed by atoms with Crippen molar-refractivity contribution in [3.05, 3.63) is 71.2 Å². The van der Waals surface area contributed by atoms with Gasteiger partial charge in [0.15, 0.2) is 5.69 Å². The number of piperidine rings is 1. The zero-order chi connectivity index (χ0) is 22.1. The molecule has 3 aromatic rings. The summed E-state index contributed by atoms with van der Waals surface area (Å²) >= 11 is 0. The minimum Gasteiger partial charge on any atom is -0.472 e. The lowest BCUT2D eigenvalue weighted by Gasteiger charge is -2.32. The van der Waals surface area contributed by atoms with Crippen molar-refractivity contribution < 1.29 is 18.4 Å². The van der Waals surface area contributed by atoms with E-state index >= 15 is 0 Å². The maximum atomic E-state index is 13.4. The molecular weight excluding hydrogens is 411 g/mol. The van der Waals surface area contributed by atoms with E-state index in [1.165, 1.54) is 24.7 Å². The fourth-order valence-electron chi connectivity index (χ4n) is 4.63. The summed E-state index contributed by atoms with van der Waals surface area (Å²) in [7, 11) is 0. The number of carbonyl (C=O) groups excluding carboxylic acids is 2. The number of benzene rings is 1. The lowest BCUT2D eigenvalue weighted by Crippen LogP contribution is -2.46. The number of furan rings is 1. The van der Waals surface area contributed by atoms with Crippen LogP contribution in [-0.2, 0) is 12.8 Å². The molecule has 166 valence electrons. The smallest absolute Gasteiger partial charge is 0.272 e. The Morgan fingerprint density at radius 2 is 1.81 bits per heavy atom. The Morgan fingerprint density at radius 1 is 1.06 bits per heavy atom. The van der Waals surface area contributed by atoms with Crippen LogP contribution in [-0.4, -0.2) is 45.6 Å². The molecule has 0 atom stereocenters. The average molecular weight is 436 g/mol. The SMILES string of the molecule is O=C(NC1CCN(C(=O)c2ccoc2)CC1)c1nn(-c2ccc(F)cc2)c2c1CCCC2. The second-order valence-electron chi connectivity index (χ2n) is 8.42. The molecule has 1 saturated heterocycles. The van der Waals surface area contributed by atoms with Gasteiger partial charge in [-0.1, -0.05) is 0 Å². The van der Waals surface area contributed by atoms with Crippen molar-refractivity contribution >= 4 is 11.8 Å². The Hall–Kier alpha value is -3.42. The topological polar surface area (TPSA) is 80.4 Å². The van der Waals surface area contributed by atoms with Crippen molar-refractivity contribution in [3.8, 4) is 5.69 Å². The van der Waals surface area contributed by atoms with Crippen LogP contribution < -0.4 is 5.32 Å². The number of nitrogens with one attached hydrogen (secondary N) is 1. The largest absolute Gasteiger partial charge is 0.472 e. The average Bonchev–Trinajstić information content (AvgIpc) is 3.48. The third kappa shape index (κ3) is 3.92. The summed E-state index contributed by atoms with van der Waals surface area (Å²) in [6, 6.07) is 7.84. The monoisotopic (exact) mass is 436 g/mol. The minimum absolute atomic E-state index is 0.00823. The van der Waals surface area contributed by atoms with Crippen LogP contribution in [0.4, 0.5) is 4.39 Å². The number of amides is 2. The number of nitrogens with zero attached hydrogens (tertiary/aromatic N) is 3. The summed E-state index contributed by atoms with van der Waals surface area (Å²) < 4.78 is 20.2. The van der Waals surface area contributed by atoms with E-state index in [1.54, 1.807) is 27.8 Å². The molecule has 1 aliphatic heterocycles. The third-order valence-electron chi connectivity index (χ3n) is 6.35. The number of rotatable bonds is 4. The zero-order valence-electron chi connectivity index (χ0n) is 17.7. The predicted molar refractivity (Wildman–Crippen MR) is 115 cm³/mol. The fourth-order valence-corrected chi connectivity index (χ4v) is 4.63. The molecule has 0 spiro atoms. The highest BCUT2D eigenvalue weighted by atomic mass is 19.1. The molecule has 7 nitrogen and oxygen atoms in total. The van der Waals surface area contributed by atoms with Gasteiger partial charge in [0.1, 0.15) is 12.1 Å². The standard InChI is InChI=1S/C24H25FN4O3/c25-17-5-7-19(8-6-17)29-21-4-2-1-3-20(21)22(27-29)23(30)26-18-9-12-28(13-10-18)24(31)16-11-14-32-15-16/h5-8,11,14-15,18H,1-4,9-10,12-13H2,(H,26,30). The van der Waals surface area contributed by atoms with E-state index in [0.29, 0.717) is 37.2 Å². The molecule has 0 radical (unpaired) electrons. The summed E-state index contributed by atoms with van der Waals surface area (Å²) in [5.41, 5.74) is 3.79. The Balaban J connectivity index is 1.29. The molecule has 8 heteroatoms. The summed E-state index contributed by atoms with van der Waals surface area (Å²) in [6.45, 7) is 1.16. The molecule has 5 rings (SSSR count). The first-order valence-electron chi connectivity index (χ1n) is 11.1. The van der Waals surface area contributed by atoms with Crippen LogP contribution >= 0.6 is 0 Å². The fraction of sp³-hybridized carbons (Fsp3) is 0.375. The second kappa shape index (κ2) is 8.61. The van der Waals surface area contributed by atoms with Gasteiger partial charge in [-0.05, 0) is 68.9 Å². The van der Waals surface area contributed by atoms with Gasteiger partial charge in [-0.2, -0.15) is 5.10 Å². The number of fused-ring (bicyclic) bond motifs is 1. The highest BCUT2D eigenvalue weighted by Crippen LogP contribution is 2.27. The normalized spacial score (nSPS) is 16.6. The van der Waals surface area contributed by atoms with E-state index < -0.39 is 0 Å². The summed E-state index contributed by atoms with van der Waals surface area (Å²) in [5.74, 6) is -0.524. The number of likely N-dealkylation sites (tertiary alicyclic amines) is 1. The van der Waals surface area contributed by atoms with Crippen LogP contribution in [0.3, 0.4) is 0 Å². The molecule has 0 unspecified atom stereocenters. The van der Waals surface area contributed by atoms with Gasteiger partial charge in [0, 0.05) is 30.4 Å². The lowest BCUT2D eigenvalue weighted by atomic mass is 9.95. The second-order valence-corrected chi connectivity index (χ2v) is 8.42. The Bertz CT molecular complexity index is 1110. The zero-order valence-corrected chi connectivity index (χ0v) is 17.7. The van der Waals surface area contributed by atoms with E-state index in [4.69, 9.17) is 4.42 Å². The molecule has 2 amide bonds. The quantitative estimate of drug-likeness (QED) is 0.679. The van der Waals surface area contributed by atoms with Crippen LogP contribution in [0.25, 0.3) is 5.69 Å². The number of aromatic nitrogens is 2. The van der Waals surface area contributed by atoms with Crippen LogP contribution in [0.15, 0.2) is 47.3 Å². The molecule has 1 fully saturated rings. The molecule has 0 saturated carbocycles. The molecule has 0 bridgehead atoms. The third-order valence-corrected chi connectivity index (χ3v) is 6.35. The number of halogens is 1. The van der Waals surface area contributed by atoms with E-state index in [1.807, 2.05) is 0 Å². The summed E-state index contributed by atoms with van der Waals surface area (Å²) in [4.78, 5) is 27.4. The molecule has 32 heavy (non-hydrogen) atoms. The molecule has 1 aromatic carbocycles. The minimum atomic E-state index is -0.301. The first-order chi connectivity index (χ1) is 15.6. The van der Waals surface area contributed by atoms with E-state index in [0.717, 1.165) is 42.6 Å². The van der Waals surface area contributed by atoms with Crippen molar-refractivity contribution in [1.82, 2.24) is 20.0 Å². The molecular formula is C24H25FN4O3. The lowest BCUT2D eigenvalue weighted by molar-refractivity contribution is 0.0697. The number of hydrogen-bond acceptors (Lipinski definition) is 4. The van der Waals surface area contributed by atoms with Crippen LogP contribution in [0, 0.1) is 5.82 Å². The van der Waals surface area contributed by atoms with Gasteiger partial charge >= 0.3 is 0 Å². The van der Waals surface area contributed by atoms with Gasteiger partial charge in [-0.25, -0.2) is 9.07 Å². The molecule has 3 heterocycles. The van der Waals surface area contributed by atoms with Crippen LogP contribution in [0.2, 0.25) is 0 Å².